The van der Waals surface area contributed by atoms with Crippen LogP contribution in [0.15, 0.2) is 30.3 Å². The van der Waals surface area contributed by atoms with Crippen molar-refractivity contribution in [3.8, 4) is 0 Å². The highest BCUT2D eigenvalue weighted by atomic mass is 16.7. The summed E-state index contributed by atoms with van der Waals surface area (Å²) >= 11 is 0. The lowest BCUT2D eigenvalue weighted by molar-refractivity contribution is -0.303. The van der Waals surface area contributed by atoms with Crippen LogP contribution in [0.1, 0.15) is 5.56 Å². The van der Waals surface area contributed by atoms with Gasteiger partial charge in [0.2, 0.25) is 0 Å². The molecule has 1 saturated heterocycles. The number of aliphatic carboxylic acids is 1. The lowest BCUT2D eigenvalue weighted by Crippen LogP contribution is -2.65. The number of amides is 2. The second-order valence-corrected chi connectivity index (χ2v) is 5.95. The molecule has 1 aliphatic rings. The summed E-state index contributed by atoms with van der Waals surface area (Å²) in [5.74, 6) is -4.04. The van der Waals surface area contributed by atoms with E-state index in [1.807, 2.05) is 10.6 Å². The number of carbonyl (C=O) groups is 3. The largest absolute Gasteiger partial charge is 0.480 e. The van der Waals surface area contributed by atoms with Gasteiger partial charge in [0.25, 0.3) is 0 Å². The molecule has 11 nitrogen and oxygen atoms in total. The number of ether oxygens (including phenoxy) is 1. The maximum Gasteiger partial charge on any atom is 0.326 e. The molecule has 0 saturated carbocycles. The summed E-state index contributed by atoms with van der Waals surface area (Å²) in [6, 6.07) is 5.42. The summed E-state index contributed by atoms with van der Waals surface area (Å²) in [6.45, 7) is 0. The average Bonchev–Trinajstić information content (AvgIpc) is 2.63. The molecule has 0 bridgehead atoms. The first-order chi connectivity index (χ1) is 12.7. The number of carboxylic acids is 1. The third kappa shape index (κ3) is 5.21. The molecule has 1 aliphatic heterocycles. The Morgan fingerprint density at radius 1 is 0.963 bits per heavy atom. The number of rotatable bonds is 5. The molecule has 148 valence electrons. The van der Waals surface area contributed by atoms with E-state index in [-0.39, 0.29) is 6.42 Å². The van der Waals surface area contributed by atoms with E-state index in [0.717, 1.165) is 0 Å². The molecule has 0 radical (unpaired) electrons. The zero-order valence-electron chi connectivity index (χ0n) is 13.9. The van der Waals surface area contributed by atoms with Gasteiger partial charge in [-0.05, 0) is 5.56 Å². The summed E-state index contributed by atoms with van der Waals surface area (Å²) in [6.07, 6.45) is -7.49. The van der Waals surface area contributed by atoms with Crippen molar-refractivity contribution < 1.29 is 44.7 Å². The van der Waals surface area contributed by atoms with Crippen molar-refractivity contribution >= 4 is 17.8 Å². The smallest absolute Gasteiger partial charge is 0.326 e. The molecule has 2 rings (SSSR count). The molecule has 1 fully saturated rings. The Balaban J connectivity index is 1.99. The van der Waals surface area contributed by atoms with Crippen LogP contribution in [-0.4, -0.2) is 80.2 Å². The molecular weight excluding hydrogens is 364 g/mol. The summed E-state index contributed by atoms with van der Waals surface area (Å²) < 4.78 is 4.52. The van der Waals surface area contributed by atoms with Gasteiger partial charge in [0.1, 0.15) is 24.3 Å². The maximum absolute atomic E-state index is 12.0. The third-order valence-corrected chi connectivity index (χ3v) is 3.99. The highest BCUT2D eigenvalue weighted by molar-refractivity contribution is 6.35. The topological polar surface area (TPSA) is 186 Å². The first-order valence-corrected chi connectivity index (χ1v) is 7.96. The second kappa shape index (κ2) is 8.88. The van der Waals surface area contributed by atoms with Crippen LogP contribution in [0.4, 0.5) is 0 Å². The van der Waals surface area contributed by atoms with E-state index in [9.17, 15) is 39.9 Å². The highest BCUT2D eigenvalue weighted by Crippen LogP contribution is 2.18. The Hall–Kier alpha value is -2.57. The van der Waals surface area contributed by atoms with Crippen molar-refractivity contribution in [1.82, 2.24) is 10.6 Å². The average molecular weight is 384 g/mol. The summed E-state index contributed by atoms with van der Waals surface area (Å²) in [5, 5.41) is 51.4. The van der Waals surface area contributed by atoms with Gasteiger partial charge in [-0.3, -0.25) is 9.59 Å². The quantitative estimate of drug-likeness (QED) is 0.255. The van der Waals surface area contributed by atoms with Gasteiger partial charge >= 0.3 is 17.8 Å². The van der Waals surface area contributed by atoms with Gasteiger partial charge < -0.3 is 40.9 Å². The zero-order chi connectivity index (χ0) is 20.1. The van der Waals surface area contributed by atoms with Crippen LogP contribution in [-0.2, 0) is 25.5 Å². The van der Waals surface area contributed by atoms with E-state index in [2.05, 4.69) is 4.74 Å². The number of carbonyl (C=O) groups excluding carboxylic acids is 2. The van der Waals surface area contributed by atoms with Crippen molar-refractivity contribution in [2.75, 3.05) is 0 Å². The molecule has 6 atom stereocenters. The fraction of sp³-hybridized carbons (Fsp3) is 0.438. The molecular formula is C16H20N2O9. The van der Waals surface area contributed by atoms with Gasteiger partial charge in [-0.2, -0.15) is 0 Å². The molecule has 0 aromatic heterocycles. The number of aliphatic hydroxyl groups excluding tert-OH is 4. The number of hydrogen-bond acceptors (Lipinski definition) is 8. The van der Waals surface area contributed by atoms with Gasteiger partial charge in [-0.15, -0.1) is 0 Å². The van der Waals surface area contributed by atoms with Crippen LogP contribution in [0.5, 0.6) is 0 Å². The Morgan fingerprint density at radius 2 is 1.59 bits per heavy atom. The van der Waals surface area contributed by atoms with Gasteiger partial charge in [-0.1, -0.05) is 30.3 Å². The minimum atomic E-state index is -1.89. The molecule has 6 unspecified atom stereocenters. The summed E-state index contributed by atoms with van der Waals surface area (Å²) in [4.78, 5) is 35.3. The molecule has 0 aliphatic carbocycles. The minimum absolute atomic E-state index is 0.0715. The van der Waals surface area contributed by atoms with Gasteiger partial charge in [-0.25, -0.2) is 4.79 Å². The molecule has 2 amide bonds. The van der Waals surface area contributed by atoms with Crippen LogP contribution >= 0.6 is 0 Å². The van der Waals surface area contributed by atoms with E-state index in [4.69, 9.17) is 0 Å². The molecule has 1 heterocycles. The number of benzene rings is 1. The van der Waals surface area contributed by atoms with Crippen molar-refractivity contribution in [2.24, 2.45) is 0 Å². The molecule has 27 heavy (non-hydrogen) atoms. The zero-order valence-corrected chi connectivity index (χ0v) is 13.9. The number of aliphatic hydroxyl groups is 4. The highest BCUT2D eigenvalue weighted by Gasteiger charge is 2.44. The van der Waals surface area contributed by atoms with Crippen LogP contribution in [0, 0.1) is 0 Å². The van der Waals surface area contributed by atoms with Crippen molar-refractivity contribution in [3.63, 3.8) is 0 Å². The first-order valence-electron chi connectivity index (χ1n) is 7.96. The SMILES string of the molecule is O=C(NC(Cc1ccccc1)C(=O)O)C(=O)NC1C(O)OC(O)C(O)C1O. The molecule has 7 N–H and O–H groups in total. The van der Waals surface area contributed by atoms with E-state index in [1.54, 1.807) is 30.3 Å². The number of hydrogen-bond donors (Lipinski definition) is 7. The predicted octanol–water partition coefficient (Wildman–Crippen LogP) is -3.33. The van der Waals surface area contributed by atoms with E-state index >= 15 is 0 Å². The molecule has 0 spiro atoms. The lowest BCUT2D eigenvalue weighted by atomic mass is 10.0. The third-order valence-electron chi connectivity index (χ3n) is 3.99. The lowest BCUT2D eigenvalue weighted by Gasteiger charge is -2.38. The van der Waals surface area contributed by atoms with Gasteiger partial charge in [0.15, 0.2) is 12.6 Å². The Kier molecular flexibility index (Phi) is 6.82. The fourth-order valence-corrected chi connectivity index (χ4v) is 2.51. The van der Waals surface area contributed by atoms with E-state index in [0.29, 0.717) is 5.56 Å². The van der Waals surface area contributed by atoms with Crippen molar-refractivity contribution in [3.05, 3.63) is 35.9 Å². The van der Waals surface area contributed by atoms with Gasteiger partial charge in [0.05, 0.1) is 0 Å². The summed E-state index contributed by atoms with van der Waals surface area (Å²) in [7, 11) is 0. The summed E-state index contributed by atoms with van der Waals surface area (Å²) in [5.41, 5.74) is 0.620. The number of nitrogens with one attached hydrogen (secondary N) is 2. The maximum atomic E-state index is 12.0. The van der Waals surface area contributed by atoms with Crippen LogP contribution in [0.25, 0.3) is 0 Å². The molecule has 1 aromatic rings. The Labute approximate surface area is 153 Å². The number of carboxylic acid groups (broad SMARTS) is 1. The van der Waals surface area contributed by atoms with Crippen LogP contribution in [0.2, 0.25) is 0 Å². The fourth-order valence-electron chi connectivity index (χ4n) is 2.51. The molecule has 1 aromatic carbocycles. The van der Waals surface area contributed by atoms with Crippen molar-refractivity contribution in [1.29, 1.82) is 0 Å². The standard InChI is InChI=1S/C16H20N2O9/c19-10-9(15(25)27-16(26)11(10)20)18-13(22)12(21)17-8(14(23)24)6-7-4-2-1-3-5-7/h1-5,8-11,15-16,19-20,25-26H,6H2,(H,17,21)(H,18,22)(H,23,24). The van der Waals surface area contributed by atoms with Crippen LogP contribution < -0.4 is 10.6 Å². The predicted molar refractivity (Wildman–Crippen MR) is 86.8 cm³/mol. The second-order valence-electron chi connectivity index (χ2n) is 5.95. The Morgan fingerprint density at radius 3 is 2.19 bits per heavy atom. The van der Waals surface area contributed by atoms with E-state index in [1.165, 1.54) is 0 Å². The first kappa shape index (κ1) is 20.7. The normalized spacial score (nSPS) is 28.8. The Bertz CT molecular complexity index is 684. The van der Waals surface area contributed by atoms with E-state index < -0.39 is 54.7 Å². The van der Waals surface area contributed by atoms with Crippen molar-refractivity contribution in [2.45, 2.75) is 43.3 Å². The van der Waals surface area contributed by atoms with Crippen LogP contribution in [0.3, 0.4) is 0 Å². The minimum Gasteiger partial charge on any atom is -0.480 e. The van der Waals surface area contributed by atoms with Gasteiger partial charge in [0, 0.05) is 6.42 Å². The molecule has 11 heteroatoms. The monoisotopic (exact) mass is 384 g/mol.